The van der Waals surface area contributed by atoms with E-state index in [0.29, 0.717) is 4.47 Å². The van der Waals surface area contributed by atoms with E-state index >= 15 is 0 Å². The van der Waals surface area contributed by atoms with Gasteiger partial charge in [-0.1, -0.05) is 28.1 Å². The summed E-state index contributed by atoms with van der Waals surface area (Å²) in [7, 11) is 0. The van der Waals surface area contributed by atoms with Crippen molar-refractivity contribution in [1.29, 1.82) is 5.41 Å². The van der Waals surface area contributed by atoms with E-state index in [1.807, 2.05) is 0 Å². The van der Waals surface area contributed by atoms with Crippen LogP contribution in [0.3, 0.4) is 0 Å². The molecular formula is C14H10BrF3N2O. The second kappa shape index (κ2) is 5.77. The van der Waals surface area contributed by atoms with Gasteiger partial charge < -0.3 is 10.5 Å². The number of para-hydroxylation sites is 1. The second-order valence-electron chi connectivity index (χ2n) is 4.15. The highest BCUT2D eigenvalue weighted by molar-refractivity contribution is 9.10. The molecule has 0 saturated heterocycles. The average molecular weight is 359 g/mol. The number of benzene rings is 2. The number of rotatable bonds is 3. The number of nitrogens with two attached hydrogens (primary N) is 1. The van der Waals surface area contributed by atoms with E-state index in [1.165, 1.54) is 30.3 Å². The number of alkyl halides is 3. The summed E-state index contributed by atoms with van der Waals surface area (Å²) in [6, 6.07) is 9.43. The molecule has 110 valence electrons. The topological polar surface area (TPSA) is 59.1 Å². The molecular weight excluding hydrogens is 349 g/mol. The maximum absolute atomic E-state index is 12.9. The van der Waals surface area contributed by atoms with Crippen molar-refractivity contribution in [2.45, 2.75) is 6.18 Å². The Morgan fingerprint density at radius 1 is 1.10 bits per heavy atom. The minimum absolute atomic E-state index is 0.0856. The van der Waals surface area contributed by atoms with E-state index in [0.717, 1.165) is 6.07 Å². The molecule has 2 aromatic carbocycles. The molecule has 0 spiro atoms. The van der Waals surface area contributed by atoms with E-state index in [-0.39, 0.29) is 22.9 Å². The van der Waals surface area contributed by atoms with Crippen molar-refractivity contribution in [2.24, 2.45) is 5.73 Å². The van der Waals surface area contributed by atoms with Crippen LogP contribution in [0.1, 0.15) is 11.1 Å². The van der Waals surface area contributed by atoms with Gasteiger partial charge in [0.05, 0.1) is 11.1 Å². The van der Waals surface area contributed by atoms with Crippen LogP contribution in [0, 0.1) is 5.41 Å². The molecule has 0 aliphatic rings. The molecule has 3 N–H and O–H groups in total. The van der Waals surface area contributed by atoms with Crippen LogP contribution < -0.4 is 10.5 Å². The van der Waals surface area contributed by atoms with Crippen molar-refractivity contribution in [3.63, 3.8) is 0 Å². The van der Waals surface area contributed by atoms with E-state index in [4.69, 9.17) is 15.9 Å². The summed E-state index contributed by atoms with van der Waals surface area (Å²) < 4.78 is 44.7. The first-order chi connectivity index (χ1) is 9.79. The zero-order chi connectivity index (χ0) is 15.6. The second-order valence-corrected chi connectivity index (χ2v) is 5.07. The molecule has 0 saturated carbocycles. The van der Waals surface area contributed by atoms with Gasteiger partial charge in [-0.2, -0.15) is 13.2 Å². The van der Waals surface area contributed by atoms with Crippen LogP contribution in [0.25, 0.3) is 0 Å². The van der Waals surface area contributed by atoms with Crippen molar-refractivity contribution in [3.05, 3.63) is 58.1 Å². The Morgan fingerprint density at radius 3 is 2.38 bits per heavy atom. The molecule has 0 heterocycles. The number of amidine groups is 1. The fourth-order valence-electron chi connectivity index (χ4n) is 1.71. The zero-order valence-electron chi connectivity index (χ0n) is 10.5. The molecule has 3 nitrogen and oxygen atoms in total. The van der Waals surface area contributed by atoms with Crippen LogP contribution in [0.5, 0.6) is 11.5 Å². The van der Waals surface area contributed by atoms with Gasteiger partial charge in [0.2, 0.25) is 0 Å². The number of nitrogen functional groups attached to an aromatic ring is 1. The molecule has 0 aliphatic heterocycles. The molecule has 2 rings (SSSR count). The SMILES string of the molecule is N=C(N)c1cc(Br)ccc1Oc1ccccc1C(F)(F)F. The van der Waals surface area contributed by atoms with Gasteiger partial charge in [0.15, 0.2) is 0 Å². The molecule has 0 unspecified atom stereocenters. The number of halogens is 4. The molecule has 0 fully saturated rings. The van der Waals surface area contributed by atoms with Gasteiger partial charge in [-0.15, -0.1) is 0 Å². The van der Waals surface area contributed by atoms with Gasteiger partial charge in [-0.25, -0.2) is 0 Å². The first-order valence-electron chi connectivity index (χ1n) is 5.77. The van der Waals surface area contributed by atoms with Gasteiger partial charge in [-0.3, -0.25) is 5.41 Å². The molecule has 0 radical (unpaired) electrons. The van der Waals surface area contributed by atoms with Gasteiger partial charge >= 0.3 is 6.18 Å². The van der Waals surface area contributed by atoms with Crippen molar-refractivity contribution >= 4 is 21.8 Å². The van der Waals surface area contributed by atoms with E-state index in [9.17, 15) is 13.2 Å². The Morgan fingerprint density at radius 2 is 1.76 bits per heavy atom. The number of ether oxygens (including phenoxy) is 1. The summed E-state index contributed by atoms with van der Waals surface area (Å²) in [5.41, 5.74) is 4.74. The smallest absolute Gasteiger partial charge is 0.419 e. The van der Waals surface area contributed by atoms with Gasteiger partial charge in [0, 0.05) is 4.47 Å². The monoisotopic (exact) mass is 358 g/mol. The Balaban J connectivity index is 2.47. The van der Waals surface area contributed by atoms with E-state index in [2.05, 4.69) is 15.9 Å². The molecule has 0 aliphatic carbocycles. The molecule has 21 heavy (non-hydrogen) atoms. The fraction of sp³-hybridized carbons (Fsp3) is 0.0714. The Hall–Kier alpha value is -2.02. The van der Waals surface area contributed by atoms with Gasteiger partial charge in [-0.05, 0) is 30.3 Å². The Labute approximate surface area is 127 Å². The Kier molecular flexibility index (Phi) is 4.22. The molecule has 2 aromatic rings. The van der Waals surface area contributed by atoms with E-state index in [1.54, 1.807) is 6.07 Å². The fourth-order valence-corrected chi connectivity index (χ4v) is 2.07. The van der Waals surface area contributed by atoms with Crippen molar-refractivity contribution in [2.75, 3.05) is 0 Å². The van der Waals surface area contributed by atoms with Crippen LogP contribution in [0.15, 0.2) is 46.9 Å². The predicted octanol–water partition coefficient (Wildman–Crippen LogP) is 4.54. The highest BCUT2D eigenvalue weighted by Gasteiger charge is 2.34. The summed E-state index contributed by atoms with van der Waals surface area (Å²) in [6.45, 7) is 0. The molecule has 0 bridgehead atoms. The summed E-state index contributed by atoms with van der Waals surface area (Å²) in [5, 5.41) is 7.47. The van der Waals surface area contributed by atoms with Crippen LogP contribution >= 0.6 is 15.9 Å². The van der Waals surface area contributed by atoms with Crippen molar-refractivity contribution in [1.82, 2.24) is 0 Å². The average Bonchev–Trinajstić information content (AvgIpc) is 2.40. The summed E-state index contributed by atoms with van der Waals surface area (Å²) in [4.78, 5) is 0. The third-order valence-electron chi connectivity index (χ3n) is 2.64. The number of hydrogen-bond donors (Lipinski definition) is 2. The quantitative estimate of drug-likeness (QED) is 0.624. The number of hydrogen-bond acceptors (Lipinski definition) is 2. The highest BCUT2D eigenvalue weighted by atomic mass is 79.9. The first-order valence-corrected chi connectivity index (χ1v) is 6.56. The highest BCUT2D eigenvalue weighted by Crippen LogP contribution is 2.38. The van der Waals surface area contributed by atoms with Gasteiger partial charge in [0.25, 0.3) is 0 Å². The number of nitrogens with one attached hydrogen (secondary N) is 1. The van der Waals surface area contributed by atoms with Crippen LogP contribution in [-0.2, 0) is 6.18 Å². The largest absolute Gasteiger partial charge is 0.456 e. The Bertz CT molecular complexity index is 686. The maximum atomic E-state index is 12.9. The minimum Gasteiger partial charge on any atom is -0.456 e. The lowest BCUT2D eigenvalue weighted by Crippen LogP contribution is -2.13. The normalized spacial score (nSPS) is 11.2. The summed E-state index contributed by atoms with van der Waals surface area (Å²) >= 11 is 3.21. The van der Waals surface area contributed by atoms with Crippen molar-refractivity contribution in [3.8, 4) is 11.5 Å². The molecule has 7 heteroatoms. The van der Waals surface area contributed by atoms with Crippen LogP contribution in [0.2, 0.25) is 0 Å². The third-order valence-corrected chi connectivity index (χ3v) is 3.14. The molecule has 0 atom stereocenters. The van der Waals surface area contributed by atoms with Gasteiger partial charge in [0.1, 0.15) is 17.3 Å². The summed E-state index contributed by atoms with van der Waals surface area (Å²) in [5.74, 6) is -0.548. The molecule has 0 amide bonds. The lowest BCUT2D eigenvalue weighted by atomic mass is 10.1. The minimum atomic E-state index is -4.53. The first kappa shape index (κ1) is 15.4. The van der Waals surface area contributed by atoms with Crippen molar-refractivity contribution < 1.29 is 17.9 Å². The summed E-state index contributed by atoms with van der Waals surface area (Å²) in [6.07, 6.45) is -4.53. The van der Waals surface area contributed by atoms with E-state index < -0.39 is 11.7 Å². The predicted molar refractivity (Wildman–Crippen MR) is 76.7 cm³/mol. The molecule has 0 aromatic heterocycles. The zero-order valence-corrected chi connectivity index (χ0v) is 12.1. The van der Waals surface area contributed by atoms with Crippen LogP contribution in [0.4, 0.5) is 13.2 Å². The van der Waals surface area contributed by atoms with Crippen LogP contribution in [-0.4, -0.2) is 5.84 Å². The lowest BCUT2D eigenvalue weighted by Gasteiger charge is -2.15. The maximum Gasteiger partial charge on any atom is 0.419 e. The standard InChI is InChI=1S/C14H10BrF3N2O/c15-8-5-6-11(9(7-8)13(19)20)21-12-4-2-1-3-10(12)14(16,17)18/h1-7H,(H3,19,20). The lowest BCUT2D eigenvalue weighted by molar-refractivity contribution is -0.138. The third kappa shape index (κ3) is 3.55.